The summed E-state index contributed by atoms with van der Waals surface area (Å²) in [7, 11) is 1.67. The first kappa shape index (κ1) is 16.0. The monoisotopic (exact) mass is 290 g/mol. The van der Waals surface area contributed by atoms with Crippen molar-refractivity contribution in [3.63, 3.8) is 0 Å². The molecule has 1 aliphatic rings. The summed E-state index contributed by atoms with van der Waals surface area (Å²) >= 11 is 0. The average Bonchev–Trinajstić information content (AvgIpc) is 2.48. The third-order valence-corrected chi connectivity index (χ3v) is 4.47. The number of carbonyl (C=O) groups excluding carboxylic acids is 1. The van der Waals surface area contributed by atoms with Gasteiger partial charge in [0.05, 0.1) is 18.1 Å². The molecule has 0 radical (unpaired) electrons. The van der Waals surface area contributed by atoms with Crippen molar-refractivity contribution < 1.29 is 9.53 Å². The van der Waals surface area contributed by atoms with Crippen LogP contribution in [-0.2, 0) is 9.53 Å². The number of hydrogen-bond acceptors (Lipinski definition) is 3. The summed E-state index contributed by atoms with van der Waals surface area (Å²) in [5.74, 6) is 0.113. The highest BCUT2D eigenvalue weighted by atomic mass is 16.5. The zero-order valence-electron chi connectivity index (χ0n) is 13.2. The number of benzene rings is 1. The minimum atomic E-state index is -0.392. The largest absolute Gasteiger partial charge is 0.384 e. The highest BCUT2D eigenvalue weighted by Gasteiger charge is 2.40. The molecule has 1 fully saturated rings. The molecule has 1 aromatic rings. The number of hydrogen-bond donors (Lipinski definition) is 2. The van der Waals surface area contributed by atoms with Gasteiger partial charge in [0.25, 0.3) is 0 Å². The average molecular weight is 290 g/mol. The Kier molecular flexibility index (Phi) is 5.37. The maximum Gasteiger partial charge on any atom is 0.229 e. The van der Waals surface area contributed by atoms with Gasteiger partial charge in [-0.1, -0.05) is 24.3 Å². The Hall–Kier alpha value is -1.39. The van der Waals surface area contributed by atoms with E-state index in [0.717, 1.165) is 25.9 Å². The van der Waals surface area contributed by atoms with Crippen molar-refractivity contribution in [1.82, 2.24) is 10.6 Å². The van der Waals surface area contributed by atoms with E-state index in [1.807, 2.05) is 19.1 Å². The summed E-state index contributed by atoms with van der Waals surface area (Å²) < 4.78 is 5.33. The Balaban J connectivity index is 2.10. The quantitative estimate of drug-likeness (QED) is 0.874. The van der Waals surface area contributed by atoms with Crippen LogP contribution in [0.3, 0.4) is 0 Å². The maximum atomic E-state index is 12.8. The molecule has 1 saturated heterocycles. The van der Waals surface area contributed by atoms with E-state index in [0.29, 0.717) is 6.61 Å². The van der Waals surface area contributed by atoms with Gasteiger partial charge < -0.3 is 15.4 Å². The van der Waals surface area contributed by atoms with Gasteiger partial charge in [0, 0.05) is 7.11 Å². The van der Waals surface area contributed by atoms with Crippen LogP contribution in [-0.4, -0.2) is 32.7 Å². The van der Waals surface area contributed by atoms with E-state index in [9.17, 15) is 4.79 Å². The molecule has 0 unspecified atom stereocenters. The van der Waals surface area contributed by atoms with Gasteiger partial charge in [0.15, 0.2) is 0 Å². The molecule has 116 valence electrons. The Labute approximate surface area is 127 Å². The van der Waals surface area contributed by atoms with Crippen LogP contribution in [0.1, 0.15) is 36.9 Å². The molecular weight excluding hydrogens is 264 g/mol. The van der Waals surface area contributed by atoms with Gasteiger partial charge in [0.2, 0.25) is 5.91 Å². The summed E-state index contributed by atoms with van der Waals surface area (Å²) in [5, 5.41) is 6.50. The van der Waals surface area contributed by atoms with E-state index >= 15 is 0 Å². The van der Waals surface area contributed by atoms with Crippen molar-refractivity contribution in [2.75, 3.05) is 26.8 Å². The van der Waals surface area contributed by atoms with Crippen molar-refractivity contribution in [2.24, 2.45) is 5.41 Å². The van der Waals surface area contributed by atoms with E-state index in [4.69, 9.17) is 4.74 Å². The van der Waals surface area contributed by atoms with Crippen molar-refractivity contribution in [1.29, 1.82) is 0 Å². The van der Waals surface area contributed by atoms with E-state index in [1.165, 1.54) is 11.1 Å². The minimum Gasteiger partial charge on any atom is -0.384 e. The van der Waals surface area contributed by atoms with Crippen molar-refractivity contribution >= 4 is 5.91 Å². The summed E-state index contributed by atoms with van der Waals surface area (Å²) in [5.41, 5.74) is 1.99. The molecule has 1 atom stereocenters. The minimum absolute atomic E-state index is 0.0160. The Morgan fingerprint density at radius 1 is 1.38 bits per heavy atom. The number of nitrogens with one attached hydrogen (secondary N) is 2. The first-order chi connectivity index (χ1) is 10.1. The zero-order chi connectivity index (χ0) is 15.3. The van der Waals surface area contributed by atoms with Gasteiger partial charge >= 0.3 is 0 Å². The molecule has 1 amide bonds. The van der Waals surface area contributed by atoms with Gasteiger partial charge in [-0.15, -0.1) is 0 Å². The fourth-order valence-electron chi connectivity index (χ4n) is 3.12. The van der Waals surface area contributed by atoms with Gasteiger partial charge in [-0.2, -0.15) is 0 Å². The molecule has 4 heteroatoms. The highest BCUT2D eigenvalue weighted by molar-refractivity contribution is 5.83. The predicted molar refractivity (Wildman–Crippen MR) is 84.1 cm³/mol. The number of ether oxygens (including phenoxy) is 1. The second kappa shape index (κ2) is 7.05. The van der Waals surface area contributed by atoms with Crippen molar-refractivity contribution in [2.45, 2.75) is 32.7 Å². The van der Waals surface area contributed by atoms with E-state index < -0.39 is 5.41 Å². The lowest BCUT2D eigenvalue weighted by molar-refractivity contribution is -0.136. The van der Waals surface area contributed by atoms with Crippen LogP contribution < -0.4 is 10.6 Å². The zero-order valence-corrected chi connectivity index (χ0v) is 13.2. The smallest absolute Gasteiger partial charge is 0.229 e. The SMILES string of the molecule is COCC1(C(=O)N[C@H](C)c2ccccc2C)CCNCC1. The number of amides is 1. The number of aryl methyl sites for hydroxylation is 1. The molecule has 4 nitrogen and oxygen atoms in total. The second-order valence-corrected chi connectivity index (χ2v) is 6.02. The van der Waals surface area contributed by atoms with Gasteiger partial charge in [-0.3, -0.25) is 4.79 Å². The number of rotatable bonds is 5. The number of carbonyl (C=O) groups is 1. The first-order valence-corrected chi connectivity index (χ1v) is 7.65. The second-order valence-electron chi connectivity index (χ2n) is 6.02. The molecular formula is C17H26N2O2. The molecule has 0 aliphatic carbocycles. The molecule has 2 rings (SSSR count). The fourth-order valence-corrected chi connectivity index (χ4v) is 3.12. The molecule has 1 heterocycles. The summed E-state index contributed by atoms with van der Waals surface area (Å²) in [4.78, 5) is 12.8. The molecule has 21 heavy (non-hydrogen) atoms. The predicted octanol–water partition coefficient (Wildman–Crippen LogP) is 2.19. The van der Waals surface area contributed by atoms with Crippen LogP contribution in [0.15, 0.2) is 24.3 Å². The normalized spacial score (nSPS) is 19.0. The summed E-state index contributed by atoms with van der Waals surface area (Å²) in [6, 6.07) is 8.20. The first-order valence-electron chi connectivity index (χ1n) is 7.65. The van der Waals surface area contributed by atoms with Crippen LogP contribution in [0.5, 0.6) is 0 Å². The van der Waals surface area contributed by atoms with Gasteiger partial charge in [0.1, 0.15) is 0 Å². The summed E-state index contributed by atoms with van der Waals surface area (Å²) in [6.45, 7) is 6.35. The highest BCUT2D eigenvalue weighted by Crippen LogP contribution is 2.30. The lowest BCUT2D eigenvalue weighted by Gasteiger charge is -2.36. The van der Waals surface area contributed by atoms with Crippen LogP contribution in [0, 0.1) is 12.3 Å². The molecule has 0 aromatic heterocycles. The molecule has 0 saturated carbocycles. The lowest BCUT2D eigenvalue weighted by atomic mass is 9.78. The number of piperidine rings is 1. The van der Waals surface area contributed by atoms with Crippen LogP contribution in [0.25, 0.3) is 0 Å². The van der Waals surface area contributed by atoms with E-state index in [-0.39, 0.29) is 11.9 Å². The molecule has 1 aromatic carbocycles. The Morgan fingerprint density at radius 3 is 2.67 bits per heavy atom. The van der Waals surface area contributed by atoms with Crippen LogP contribution in [0.4, 0.5) is 0 Å². The summed E-state index contributed by atoms with van der Waals surface area (Å²) in [6.07, 6.45) is 1.65. The third kappa shape index (κ3) is 3.63. The standard InChI is InChI=1S/C17H26N2O2/c1-13-6-4-5-7-15(13)14(2)19-16(20)17(12-21-3)8-10-18-11-9-17/h4-7,14,18H,8-12H2,1-3H3,(H,19,20)/t14-/m1/s1. The van der Waals surface area contributed by atoms with Crippen molar-refractivity contribution in [3.8, 4) is 0 Å². The topological polar surface area (TPSA) is 50.4 Å². The van der Waals surface area contributed by atoms with E-state index in [2.05, 4.69) is 29.7 Å². The molecule has 0 bridgehead atoms. The van der Waals surface area contributed by atoms with Crippen molar-refractivity contribution in [3.05, 3.63) is 35.4 Å². The maximum absolute atomic E-state index is 12.8. The van der Waals surface area contributed by atoms with Gasteiger partial charge in [-0.25, -0.2) is 0 Å². The number of methoxy groups -OCH3 is 1. The van der Waals surface area contributed by atoms with Crippen LogP contribution >= 0.6 is 0 Å². The molecule has 2 N–H and O–H groups in total. The Bertz CT molecular complexity index is 476. The molecule has 0 spiro atoms. The lowest BCUT2D eigenvalue weighted by Crippen LogP contribution is -2.50. The fraction of sp³-hybridized carbons (Fsp3) is 0.588. The van der Waals surface area contributed by atoms with Crippen LogP contribution in [0.2, 0.25) is 0 Å². The third-order valence-electron chi connectivity index (χ3n) is 4.47. The molecule has 1 aliphatic heterocycles. The van der Waals surface area contributed by atoms with E-state index in [1.54, 1.807) is 7.11 Å². The Morgan fingerprint density at radius 2 is 2.05 bits per heavy atom. The van der Waals surface area contributed by atoms with Gasteiger partial charge in [-0.05, 0) is 50.9 Å².